The molecule has 164 valence electrons. The number of piperidine rings is 1. The highest BCUT2D eigenvalue weighted by atomic mass is 32.1. The average Bonchev–Trinajstić information content (AvgIpc) is 3.24. The minimum Gasteiger partial charge on any atom is -0.375 e. The first-order chi connectivity index (χ1) is 14.6. The minimum atomic E-state index is 0.0355. The summed E-state index contributed by atoms with van der Waals surface area (Å²) >= 11 is 1.65. The molecule has 1 aliphatic heterocycles. The number of nitrogens with zero attached hydrogens (tertiary/aromatic N) is 4. The molecule has 2 atom stereocenters. The molecule has 1 fully saturated rings. The SMILES string of the molecule is CN=C(NCC1CCCCN1Cc1ccccc1)N(C)Cc1csc(C(C)OC)n1. The van der Waals surface area contributed by atoms with Gasteiger partial charge in [0, 0.05) is 45.7 Å². The molecule has 2 heterocycles. The smallest absolute Gasteiger partial charge is 0.193 e. The first-order valence-corrected chi connectivity index (χ1v) is 11.7. The van der Waals surface area contributed by atoms with Crippen LogP contribution in [0.2, 0.25) is 0 Å². The summed E-state index contributed by atoms with van der Waals surface area (Å²) in [6.07, 6.45) is 3.84. The standard InChI is InChI=1S/C23H35N5OS/c1-18(29-4)22-26-20(17-30-22)16-27(3)23(24-2)25-14-21-12-8-9-13-28(21)15-19-10-6-5-7-11-19/h5-7,10-11,17-18,21H,8-9,12-16H2,1-4H3,(H,24,25). The fraction of sp³-hybridized carbons (Fsp3) is 0.565. The molecule has 0 bridgehead atoms. The van der Waals surface area contributed by atoms with Crippen molar-refractivity contribution in [1.82, 2.24) is 20.1 Å². The Labute approximate surface area is 185 Å². The summed E-state index contributed by atoms with van der Waals surface area (Å²) in [5.41, 5.74) is 2.43. The Bertz CT molecular complexity index is 794. The predicted molar refractivity (Wildman–Crippen MR) is 125 cm³/mol. The van der Waals surface area contributed by atoms with E-state index in [-0.39, 0.29) is 6.10 Å². The Morgan fingerprint density at radius 2 is 2.17 bits per heavy atom. The number of methoxy groups -OCH3 is 1. The molecule has 0 saturated carbocycles. The van der Waals surface area contributed by atoms with Crippen molar-refractivity contribution in [2.24, 2.45) is 4.99 Å². The molecule has 0 amide bonds. The maximum Gasteiger partial charge on any atom is 0.193 e. The highest BCUT2D eigenvalue weighted by molar-refractivity contribution is 7.09. The molecular weight excluding hydrogens is 394 g/mol. The summed E-state index contributed by atoms with van der Waals surface area (Å²) in [5.74, 6) is 0.912. The fourth-order valence-corrected chi connectivity index (χ4v) is 4.75. The molecule has 1 saturated heterocycles. The van der Waals surface area contributed by atoms with Crippen LogP contribution in [0, 0.1) is 0 Å². The Hall–Kier alpha value is -1.96. The van der Waals surface area contributed by atoms with E-state index in [1.165, 1.54) is 24.8 Å². The van der Waals surface area contributed by atoms with Gasteiger partial charge < -0.3 is 15.0 Å². The van der Waals surface area contributed by atoms with Gasteiger partial charge in [-0.15, -0.1) is 11.3 Å². The lowest BCUT2D eigenvalue weighted by Crippen LogP contribution is -2.49. The first-order valence-electron chi connectivity index (χ1n) is 10.8. The Morgan fingerprint density at radius 1 is 1.37 bits per heavy atom. The summed E-state index contributed by atoms with van der Waals surface area (Å²) in [6.45, 7) is 5.84. The number of hydrogen-bond acceptors (Lipinski definition) is 5. The van der Waals surface area contributed by atoms with Crippen LogP contribution < -0.4 is 5.32 Å². The van der Waals surface area contributed by atoms with Crippen molar-refractivity contribution < 1.29 is 4.74 Å². The normalized spacial score (nSPS) is 18.9. The molecule has 30 heavy (non-hydrogen) atoms. The third kappa shape index (κ3) is 6.27. The summed E-state index contributed by atoms with van der Waals surface area (Å²) in [6, 6.07) is 11.3. The van der Waals surface area contributed by atoms with Gasteiger partial charge in [-0.05, 0) is 31.9 Å². The van der Waals surface area contributed by atoms with Gasteiger partial charge in [0.2, 0.25) is 0 Å². The predicted octanol–water partition coefficient (Wildman–Crippen LogP) is 3.91. The molecule has 2 unspecified atom stereocenters. The van der Waals surface area contributed by atoms with Crippen molar-refractivity contribution in [2.75, 3.05) is 34.3 Å². The van der Waals surface area contributed by atoms with Crippen LogP contribution in [0.4, 0.5) is 0 Å². The number of benzene rings is 1. The zero-order valence-corrected chi connectivity index (χ0v) is 19.5. The maximum atomic E-state index is 5.38. The molecule has 3 rings (SSSR count). The number of likely N-dealkylation sites (tertiary alicyclic amines) is 1. The summed E-state index contributed by atoms with van der Waals surface area (Å²) in [5, 5.41) is 6.73. The molecule has 1 aliphatic rings. The number of aromatic nitrogens is 1. The van der Waals surface area contributed by atoms with Gasteiger partial charge in [0.25, 0.3) is 0 Å². The van der Waals surface area contributed by atoms with Crippen LogP contribution in [-0.4, -0.2) is 61.1 Å². The van der Waals surface area contributed by atoms with Gasteiger partial charge in [-0.2, -0.15) is 0 Å². The van der Waals surface area contributed by atoms with Crippen molar-refractivity contribution in [3.05, 3.63) is 52.0 Å². The number of hydrogen-bond donors (Lipinski definition) is 1. The molecule has 2 aromatic rings. The van der Waals surface area contributed by atoms with Crippen LogP contribution in [0.15, 0.2) is 40.7 Å². The number of rotatable bonds is 8. The van der Waals surface area contributed by atoms with Gasteiger partial charge in [-0.25, -0.2) is 4.98 Å². The van der Waals surface area contributed by atoms with Crippen molar-refractivity contribution in [3.8, 4) is 0 Å². The Morgan fingerprint density at radius 3 is 2.90 bits per heavy atom. The highest BCUT2D eigenvalue weighted by Gasteiger charge is 2.23. The molecule has 1 aromatic carbocycles. The number of thiazole rings is 1. The summed E-state index contributed by atoms with van der Waals surface area (Å²) in [7, 11) is 5.63. The van der Waals surface area contributed by atoms with E-state index >= 15 is 0 Å². The van der Waals surface area contributed by atoms with Gasteiger partial charge in [0.1, 0.15) is 11.1 Å². The molecule has 0 aliphatic carbocycles. The molecule has 6 nitrogen and oxygen atoms in total. The van der Waals surface area contributed by atoms with E-state index in [9.17, 15) is 0 Å². The summed E-state index contributed by atoms with van der Waals surface area (Å²) < 4.78 is 5.38. The van der Waals surface area contributed by atoms with Gasteiger partial charge >= 0.3 is 0 Å². The van der Waals surface area contributed by atoms with Gasteiger partial charge in [-0.3, -0.25) is 9.89 Å². The third-order valence-electron chi connectivity index (χ3n) is 5.72. The van der Waals surface area contributed by atoms with E-state index in [0.717, 1.165) is 42.8 Å². The molecule has 1 N–H and O–H groups in total. The van der Waals surface area contributed by atoms with Crippen LogP contribution in [0.1, 0.15) is 48.6 Å². The number of guanidine groups is 1. The zero-order chi connectivity index (χ0) is 21.3. The number of aliphatic imine (C=N–C) groups is 1. The van der Waals surface area contributed by atoms with Crippen LogP contribution in [0.25, 0.3) is 0 Å². The van der Waals surface area contributed by atoms with E-state index in [1.807, 2.05) is 14.0 Å². The second kappa shape index (κ2) is 11.4. The summed E-state index contributed by atoms with van der Waals surface area (Å²) in [4.78, 5) is 14.0. The van der Waals surface area contributed by atoms with Crippen LogP contribution in [0.3, 0.4) is 0 Å². The lowest BCUT2D eigenvalue weighted by molar-refractivity contribution is 0.119. The van der Waals surface area contributed by atoms with E-state index in [4.69, 9.17) is 9.72 Å². The molecule has 0 radical (unpaired) electrons. The highest BCUT2D eigenvalue weighted by Crippen LogP contribution is 2.21. The second-order valence-corrected chi connectivity index (χ2v) is 8.83. The Kier molecular flexibility index (Phi) is 8.66. The van der Waals surface area contributed by atoms with Crippen LogP contribution in [0.5, 0.6) is 0 Å². The quantitative estimate of drug-likeness (QED) is 0.509. The molecule has 7 heteroatoms. The monoisotopic (exact) mass is 429 g/mol. The average molecular weight is 430 g/mol. The van der Waals surface area contributed by atoms with Crippen molar-refractivity contribution in [1.29, 1.82) is 0 Å². The number of ether oxygens (including phenoxy) is 1. The van der Waals surface area contributed by atoms with Crippen LogP contribution in [-0.2, 0) is 17.8 Å². The molecule has 0 spiro atoms. The lowest BCUT2D eigenvalue weighted by Gasteiger charge is -2.36. The maximum absolute atomic E-state index is 5.38. The topological polar surface area (TPSA) is 53.0 Å². The lowest BCUT2D eigenvalue weighted by atomic mass is 10.0. The second-order valence-electron chi connectivity index (χ2n) is 7.94. The van der Waals surface area contributed by atoms with E-state index in [0.29, 0.717) is 6.04 Å². The fourth-order valence-electron chi connectivity index (χ4n) is 3.91. The van der Waals surface area contributed by atoms with Gasteiger partial charge in [0.05, 0.1) is 12.2 Å². The van der Waals surface area contributed by atoms with Gasteiger partial charge in [0.15, 0.2) is 5.96 Å². The van der Waals surface area contributed by atoms with Crippen molar-refractivity contribution in [2.45, 2.75) is 51.4 Å². The molecule has 1 aromatic heterocycles. The largest absolute Gasteiger partial charge is 0.375 e. The third-order valence-corrected chi connectivity index (χ3v) is 6.77. The first kappa shape index (κ1) is 22.7. The van der Waals surface area contributed by atoms with E-state index in [2.05, 4.69) is 62.9 Å². The molecular formula is C23H35N5OS. The zero-order valence-electron chi connectivity index (χ0n) is 18.7. The van der Waals surface area contributed by atoms with E-state index in [1.54, 1.807) is 18.4 Å². The van der Waals surface area contributed by atoms with Gasteiger partial charge in [-0.1, -0.05) is 36.8 Å². The minimum absolute atomic E-state index is 0.0355. The Balaban J connectivity index is 1.54. The van der Waals surface area contributed by atoms with E-state index < -0.39 is 0 Å². The van der Waals surface area contributed by atoms with Crippen molar-refractivity contribution >= 4 is 17.3 Å². The van der Waals surface area contributed by atoms with Crippen molar-refractivity contribution in [3.63, 3.8) is 0 Å². The number of nitrogens with one attached hydrogen (secondary N) is 1. The van der Waals surface area contributed by atoms with Crippen LogP contribution >= 0.6 is 11.3 Å².